The number of rotatable bonds is 10. The van der Waals surface area contributed by atoms with Gasteiger partial charge in [0, 0.05) is 23.1 Å². The molecule has 0 saturated carbocycles. The molecular weight excluding hydrogens is 476 g/mol. The van der Waals surface area contributed by atoms with Crippen molar-refractivity contribution in [3.05, 3.63) is 132 Å². The topological polar surface area (TPSA) is 82.8 Å². The number of hydrogen-bond donors (Lipinski definition) is 2. The van der Waals surface area contributed by atoms with Gasteiger partial charge in [-0.2, -0.15) is 0 Å². The van der Waals surface area contributed by atoms with Crippen LogP contribution < -0.4 is 20.5 Å². The number of allylic oxidation sites excluding steroid dienone is 1. The van der Waals surface area contributed by atoms with Crippen LogP contribution in [0.15, 0.2) is 121 Å². The van der Waals surface area contributed by atoms with Crippen LogP contribution in [0.2, 0.25) is 0 Å². The van der Waals surface area contributed by atoms with Gasteiger partial charge in [-0.15, -0.1) is 0 Å². The van der Waals surface area contributed by atoms with Gasteiger partial charge in [-0.1, -0.05) is 60.7 Å². The van der Waals surface area contributed by atoms with Crippen molar-refractivity contribution in [2.24, 2.45) is 0 Å². The summed E-state index contributed by atoms with van der Waals surface area (Å²) in [4.78, 5) is 11.4. The summed E-state index contributed by atoms with van der Waals surface area (Å²) in [7, 11) is 0. The average molecular weight is 511 g/mol. The van der Waals surface area contributed by atoms with Gasteiger partial charge in [-0.3, -0.25) is 0 Å². The highest BCUT2D eigenvalue weighted by Crippen LogP contribution is 2.18. The number of hydrogen-bond acceptors (Lipinski definition) is 6. The Labute approximate surface area is 224 Å². The van der Waals surface area contributed by atoms with Gasteiger partial charge in [-0.25, -0.2) is 4.79 Å². The molecule has 0 radical (unpaired) electrons. The monoisotopic (exact) mass is 510 g/mol. The van der Waals surface area contributed by atoms with Gasteiger partial charge < -0.3 is 25.3 Å². The van der Waals surface area contributed by atoms with Crippen LogP contribution in [-0.4, -0.2) is 12.6 Å². The van der Waals surface area contributed by atoms with Crippen LogP contribution in [0.3, 0.4) is 0 Å². The number of carbonyl (C=O) groups excluding carboxylic acids is 1. The maximum atomic E-state index is 11.4. The van der Waals surface area contributed by atoms with E-state index in [9.17, 15) is 4.79 Å². The molecule has 0 amide bonds. The van der Waals surface area contributed by atoms with Gasteiger partial charge in [0.25, 0.3) is 0 Å². The fourth-order valence-corrected chi connectivity index (χ4v) is 3.30. The highest BCUT2D eigenvalue weighted by Gasteiger charge is 2.00. The molecule has 0 spiro atoms. The van der Waals surface area contributed by atoms with Crippen LogP contribution in [0.25, 0.3) is 0 Å². The molecule has 4 aromatic carbocycles. The van der Waals surface area contributed by atoms with Crippen LogP contribution in [0.1, 0.15) is 25.0 Å². The van der Waals surface area contributed by atoms with E-state index in [1.165, 1.54) is 6.08 Å². The second-order valence-corrected chi connectivity index (χ2v) is 8.35. The molecule has 4 rings (SSSR count). The third kappa shape index (κ3) is 10.5. The lowest BCUT2D eigenvalue weighted by Crippen LogP contribution is -2.04. The quantitative estimate of drug-likeness (QED) is 0.136. The summed E-state index contributed by atoms with van der Waals surface area (Å²) in [6.45, 7) is 5.09. The zero-order valence-electron chi connectivity index (χ0n) is 21.8. The molecule has 0 aromatic heterocycles. The predicted octanol–water partition coefficient (Wildman–Crippen LogP) is 6.99. The smallest absolute Gasteiger partial charge is 0.332 e. The molecule has 0 bridgehead atoms. The predicted molar refractivity (Wildman–Crippen MR) is 153 cm³/mol. The van der Waals surface area contributed by atoms with Crippen molar-refractivity contribution in [2.45, 2.75) is 27.1 Å². The Bertz CT molecular complexity index is 1260. The van der Waals surface area contributed by atoms with E-state index < -0.39 is 0 Å². The van der Waals surface area contributed by atoms with Crippen LogP contribution >= 0.6 is 0 Å². The molecule has 4 aromatic rings. The van der Waals surface area contributed by atoms with Crippen LogP contribution in [0, 0.1) is 0 Å². The normalized spacial score (nSPS) is 10.5. The van der Waals surface area contributed by atoms with E-state index in [0.717, 1.165) is 39.7 Å². The zero-order chi connectivity index (χ0) is 27.0. The first-order valence-electron chi connectivity index (χ1n) is 12.4. The van der Waals surface area contributed by atoms with E-state index in [0.29, 0.717) is 19.8 Å². The highest BCUT2D eigenvalue weighted by atomic mass is 16.5. The molecule has 0 heterocycles. The molecule has 0 saturated heterocycles. The van der Waals surface area contributed by atoms with Crippen molar-refractivity contribution in [3.63, 3.8) is 0 Å². The minimum Gasteiger partial charge on any atom is -0.489 e. The standard InChI is InChI=1S/C19H21NO3.C13H13NO/c1-3-22-19(21)13-15(2)20-17-9-11-18(12-10-17)23-14-16-7-5-4-6-8-16;14-12-6-8-13(9-7-12)15-10-11-4-2-1-3-5-11/h4-13,20H,3,14H2,1-2H3;1-9H,10,14H2. The number of anilines is 2. The summed E-state index contributed by atoms with van der Waals surface area (Å²) in [5.41, 5.74) is 10.2. The third-order valence-corrected chi connectivity index (χ3v) is 5.19. The molecule has 38 heavy (non-hydrogen) atoms. The molecule has 196 valence electrons. The van der Waals surface area contributed by atoms with E-state index in [-0.39, 0.29) is 5.97 Å². The van der Waals surface area contributed by atoms with Gasteiger partial charge in [0.2, 0.25) is 0 Å². The SMILES string of the molecule is CCOC(=O)C=C(C)Nc1ccc(OCc2ccccc2)cc1.Nc1ccc(OCc2ccccc2)cc1. The van der Waals surface area contributed by atoms with Crippen molar-refractivity contribution < 1.29 is 19.0 Å². The summed E-state index contributed by atoms with van der Waals surface area (Å²) in [5.74, 6) is 1.29. The molecular formula is C32H34N2O4. The Morgan fingerprint density at radius 3 is 1.68 bits per heavy atom. The summed E-state index contributed by atoms with van der Waals surface area (Å²) >= 11 is 0. The molecule has 0 aliphatic rings. The molecule has 6 nitrogen and oxygen atoms in total. The maximum Gasteiger partial charge on any atom is 0.332 e. The molecule has 0 unspecified atom stereocenters. The number of carbonyl (C=O) groups is 1. The number of esters is 1. The van der Waals surface area contributed by atoms with E-state index in [4.69, 9.17) is 19.9 Å². The summed E-state index contributed by atoms with van der Waals surface area (Å²) in [6, 6.07) is 35.1. The fourth-order valence-electron chi connectivity index (χ4n) is 3.30. The molecule has 0 atom stereocenters. The Hall–Kier alpha value is -4.71. The summed E-state index contributed by atoms with van der Waals surface area (Å²) < 4.78 is 16.2. The minimum absolute atomic E-state index is 0.347. The summed E-state index contributed by atoms with van der Waals surface area (Å²) in [6.07, 6.45) is 1.43. The lowest BCUT2D eigenvalue weighted by molar-refractivity contribution is -0.137. The van der Waals surface area contributed by atoms with Crippen molar-refractivity contribution in [2.75, 3.05) is 17.7 Å². The Morgan fingerprint density at radius 2 is 1.21 bits per heavy atom. The molecule has 0 aliphatic carbocycles. The van der Waals surface area contributed by atoms with E-state index in [2.05, 4.69) is 5.32 Å². The number of nitrogen functional groups attached to an aromatic ring is 1. The largest absolute Gasteiger partial charge is 0.489 e. The van der Waals surface area contributed by atoms with Crippen LogP contribution in [-0.2, 0) is 22.7 Å². The lowest BCUT2D eigenvalue weighted by Gasteiger charge is -2.09. The maximum absolute atomic E-state index is 11.4. The first kappa shape index (κ1) is 27.9. The van der Waals surface area contributed by atoms with Crippen molar-refractivity contribution in [1.82, 2.24) is 0 Å². The number of benzene rings is 4. The Balaban J connectivity index is 0.000000230. The van der Waals surface area contributed by atoms with Gasteiger partial charge in [0.15, 0.2) is 0 Å². The third-order valence-electron chi connectivity index (χ3n) is 5.19. The fraction of sp³-hybridized carbons (Fsp3) is 0.156. The van der Waals surface area contributed by atoms with Crippen molar-refractivity contribution in [3.8, 4) is 11.5 Å². The van der Waals surface area contributed by atoms with Crippen molar-refractivity contribution >= 4 is 17.3 Å². The lowest BCUT2D eigenvalue weighted by atomic mass is 10.2. The number of nitrogens with two attached hydrogens (primary N) is 1. The van der Waals surface area contributed by atoms with E-state index >= 15 is 0 Å². The van der Waals surface area contributed by atoms with Gasteiger partial charge in [-0.05, 0) is 73.5 Å². The zero-order valence-corrected chi connectivity index (χ0v) is 21.8. The average Bonchev–Trinajstić information content (AvgIpc) is 2.94. The number of ether oxygens (including phenoxy) is 3. The molecule has 0 fully saturated rings. The van der Waals surface area contributed by atoms with Gasteiger partial charge >= 0.3 is 5.97 Å². The van der Waals surface area contributed by atoms with Crippen LogP contribution in [0.5, 0.6) is 11.5 Å². The summed E-state index contributed by atoms with van der Waals surface area (Å²) in [5, 5.41) is 3.14. The van der Waals surface area contributed by atoms with Gasteiger partial charge in [0.1, 0.15) is 24.7 Å². The molecule has 6 heteroatoms. The van der Waals surface area contributed by atoms with Crippen LogP contribution in [0.4, 0.5) is 11.4 Å². The highest BCUT2D eigenvalue weighted by molar-refractivity contribution is 5.83. The minimum atomic E-state index is -0.347. The second-order valence-electron chi connectivity index (χ2n) is 8.35. The molecule has 0 aliphatic heterocycles. The molecule has 3 N–H and O–H groups in total. The number of nitrogens with one attached hydrogen (secondary N) is 1. The first-order chi connectivity index (χ1) is 18.5. The van der Waals surface area contributed by atoms with E-state index in [1.54, 1.807) is 6.92 Å². The first-order valence-corrected chi connectivity index (χ1v) is 12.4. The Morgan fingerprint density at radius 1 is 0.737 bits per heavy atom. The second kappa shape index (κ2) is 15.4. The van der Waals surface area contributed by atoms with Crippen molar-refractivity contribution in [1.29, 1.82) is 0 Å². The Kier molecular flexibility index (Phi) is 11.3. The van der Waals surface area contributed by atoms with Gasteiger partial charge in [0.05, 0.1) is 6.61 Å². The van der Waals surface area contributed by atoms with E-state index in [1.807, 2.05) is 116 Å².